The largest absolute Gasteiger partial charge is 0.493 e. The summed E-state index contributed by atoms with van der Waals surface area (Å²) in [5, 5.41) is 6.25. The molecule has 29 heavy (non-hydrogen) atoms. The van der Waals surface area contributed by atoms with Crippen LogP contribution in [0.15, 0.2) is 53.9 Å². The molecule has 0 saturated heterocycles. The monoisotopic (exact) mass is 390 g/mol. The quantitative estimate of drug-likeness (QED) is 0.663. The zero-order valence-electron chi connectivity index (χ0n) is 16.6. The van der Waals surface area contributed by atoms with Crippen LogP contribution in [-0.2, 0) is 4.79 Å². The van der Waals surface area contributed by atoms with Gasteiger partial charge in [-0.1, -0.05) is 13.0 Å². The molecule has 0 fully saturated rings. The number of hydrogen-bond acceptors (Lipinski definition) is 6. The lowest BCUT2D eigenvalue weighted by molar-refractivity contribution is -0.132. The van der Waals surface area contributed by atoms with Crippen LogP contribution in [0.3, 0.4) is 0 Å². The molecule has 0 spiro atoms. The minimum atomic E-state index is -0.183. The van der Waals surface area contributed by atoms with Crippen LogP contribution in [-0.4, -0.2) is 40.8 Å². The van der Waals surface area contributed by atoms with Gasteiger partial charge in [-0.05, 0) is 35.9 Å². The lowest BCUT2D eigenvalue weighted by Gasteiger charge is -2.21. The van der Waals surface area contributed by atoms with Gasteiger partial charge in [0.2, 0.25) is 5.91 Å². The average molecular weight is 390 g/mol. The molecule has 0 aliphatic carbocycles. The van der Waals surface area contributed by atoms with E-state index in [1.54, 1.807) is 31.6 Å². The lowest BCUT2D eigenvalue weighted by Crippen LogP contribution is -2.26. The Morgan fingerprint density at radius 3 is 2.52 bits per heavy atom. The molecule has 7 nitrogen and oxygen atoms in total. The first-order valence-corrected chi connectivity index (χ1v) is 9.47. The molecule has 148 valence electrons. The minimum absolute atomic E-state index is 0.0234. The van der Waals surface area contributed by atoms with E-state index in [2.05, 4.69) is 15.1 Å². The Kier molecular flexibility index (Phi) is 5.12. The van der Waals surface area contributed by atoms with Crippen LogP contribution in [0, 0.1) is 0 Å². The number of methoxy groups -OCH3 is 2. The second kappa shape index (κ2) is 7.87. The van der Waals surface area contributed by atoms with Crippen molar-refractivity contribution >= 4 is 22.7 Å². The van der Waals surface area contributed by atoms with E-state index >= 15 is 0 Å². The topological polar surface area (TPSA) is 76.9 Å². The molecule has 7 heteroatoms. The van der Waals surface area contributed by atoms with Crippen molar-refractivity contribution in [3.8, 4) is 11.5 Å². The molecule has 0 N–H and O–H groups in total. The van der Waals surface area contributed by atoms with Crippen molar-refractivity contribution in [2.45, 2.75) is 25.8 Å². The smallest absolute Gasteiger partial charge is 0.242 e. The summed E-state index contributed by atoms with van der Waals surface area (Å²) in [6.45, 7) is 1.84. The van der Waals surface area contributed by atoms with Crippen molar-refractivity contribution in [2.75, 3.05) is 14.2 Å². The molecule has 1 aliphatic rings. The van der Waals surface area contributed by atoms with E-state index in [1.807, 2.05) is 43.3 Å². The summed E-state index contributed by atoms with van der Waals surface area (Å²) in [5.41, 5.74) is 4.34. The number of amides is 1. The zero-order chi connectivity index (χ0) is 20.4. The van der Waals surface area contributed by atoms with E-state index < -0.39 is 0 Å². The number of carbonyl (C=O) groups is 1. The van der Waals surface area contributed by atoms with Crippen molar-refractivity contribution < 1.29 is 14.3 Å². The highest BCUT2D eigenvalue weighted by Crippen LogP contribution is 2.36. The number of nitrogens with zero attached hydrogens (tertiary/aromatic N) is 4. The Balaban J connectivity index is 1.72. The van der Waals surface area contributed by atoms with Gasteiger partial charge in [0.1, 0.15) is 0 Å². The second-order valence-corrected chi connectivity index (χ2v) is 6.73. The van der Waals surface area contributed by atoms with E-state index in [0.717, 1.165) is 27.9 Å². The maximum absolute atomic E-state index is 12.6. The Morgan fingerprint density at radius 1 is 1.03 bits per heavy atom. The Bertz CT molecular complexity index is 1100. The molecule has 2 heterocycles. The summed E-state index contributed by atoms with van der Waals surface area (Å²) in [4.78, 5) is 21.3. The van der Waals surface area contributed by atoms with Crippen molar-refractivity contribution in [2.24, 2.45) is 5.10 Å². The van der Waals surface area contributed by atoms with E-state index in [-0.39, 0.29) is 11.9 Å². The van der Waals surface area contributed by atoms with Crippen molar-refractivity contribution in [3.05, 3.63) is 59.9 Å². The molecule has 1 amide bonds. The normalized spacial score (nSPS) is 16.0. The number of carbonyl (C=O) groups excluding carboxylic acids is 1. The molecular formula is C22H22N4O3. The van der Waals surface area contributed by atoms with Crippen LogP contribution in [0.5, 0.6) is 11.5 Å². The van der Waals surface area contributed by atoms with Crippen molar-refractivity contribution in [1.29, 1.82) is 0 Å². The summed E-state index contributed by atoms with van der Waals surface area (Å²) >= 11 is 0. The fraction of sp³-hybridized carbons (Fsp3) is 0.273. The molecule has 4 rings (SSSR count). The van der Waals surface area contributed by atoms with Crippen LogP contribution in [0.4, 0.5) is 0 Å². The number of hydrazone groups is 1. The number of aromatic nitrogens is 2. The van der Waals surface area contributed by atoms with Gasteiger partial charge in [0.05, 0.1) is 37.0 Å². The SMILES string of the molecule is CCC(=O)N1N=C(c2ccc(OC)c(OC)c2)C[C@H]1c1ccc2nccnc2c1. The van der Waals surface area contributed by atoms with Gasteiger partial charge in [0, 0.05) is 30.8 Å². The van der Waals surface area contributed by atoms with Gasteiger partial charge in [0.15, 0.2) is 11.5 Å². The molecule has 1 aliphatic heterocycles. The second-order valence-electron chi connectivity index (χ2n) is 6.73. The van der Waals surface area contributed by atoms with Gasteiger partial charge in [0.25, 0.3) is 0 Å². The summed E-state index contributed by atoms with van der Waals surface area (Å²) in [7, 11) is 3.20. The minimum Gasteiger partial charge on any atom is -0.493 e. The molecule has 0 saturated carbocycles. The molecule has 0 bridgehead atoms. The van der Waals surface area contributed by atoms with E-state index in [0.29, 0.717) is 24.3 Å². The molecule has 0 unspecified atom stereocenters. The summed E-state index contributed by atoms with van der Waals surface area (Å²) in [6, 6.07) is 11.4. The molecule has 2 aromatic carbocycles. The van der Waals surface area contributed by atoms with Crippen LogP contribution in [0.1, 0.15) is 36.9 Å². The van der Waals surface area contributed by atoms with Gasteiger partial charge in [-0.15, -0.1) is 0 Å². The number of benzene rings is 2. The van der Waals surface area contributed by atoms with E-state index in [9.17, 15) is 4.79 Å². The predicted octanol–water partition coefficient (Wildman–Crippen LogP) is 3.73. The fourth-order valence-corrected chi connectivity index (χ4v) is 3.54. The predicted molar refractivity (Wildman–Crippen MR) is 110 cm³/mol. The van der Waals surface area contributed by atoms with Crippen LogP contribution < -0.4 is 9.47 Å². The number of hydrogen-bond donors (Lipinski definition) is 0. The van der Waals surface area contributed by atoms with Gasteiger partial charge >= 0.3 is 0 Å². The lowest BCUT2D eigenvalue weighted by atomic mass is 9.97. The van der Waals surface area contributed by atoms with Crippen LogP contribution >= 0.6 is 0 Å². The Labute approximate surface area is 169 Å². The highest BCUT2D eigenvalue weighted by atomic mass is 16.5. The van der Waals surface area contributed by atoms with Gasteiger partial charge in [-0.2, -0.15) is 5.10 Å². The first kappa shape index (κ1) is 18.9. The van der Waals surface area contributed by atoms with Gasteiger partial charge in [-0.3, -0.25) is 14.8 Å². The third-order valence-electron chi connectivity index (χ3n) is 5.06. The van der Waals surface area contributed by atoms with Gasteiger partial charge < -0.3 is 9.47 Å². The number of fused-ring (bicyclic) bond motifs is 1. The fourth-order valence-electron chi connectivity index (χ4n) is 3.54. The highest BCUT2D eigenvalue weighted by molar-refractivity contribution is 6.03. The molecule has 0 radical (unpaired) electrons. The number of rotatable bonds is 5. The summed E-state index contributed by atoms with van der Waals surface area (Å²) < 4.78 is 10.7. The Morgan fingerprint density at radius 2 is 1.79 bits per heavy atom. The molecule has 3 aromatic rings. The number of ether oxygens (including phenoxy) is 2. The maximum atomic E-state index is 12.6. The highest BCUT2D eigenvalue weighted by Gasteiger charge is 2.32. The van der Waals surface area contributed by atoms with Crippen molar-refractivity contribution in [1.82, 2.24) is 15.0 Å². The molecular weight excluding hydrogens is 368 g/mol. The zero-order valence-corrected chi connectivity index (χ0v) is 16.6. The first-order chi connectivity index (χ1) is 14.1. The van der Waals surface area contributed by atoms with E-state index in [1.165, 1.54) is 0 Å². The summed E-state index contributed by atoms with van der Waals surface area (Å²) in [6.07, 6.45) is 4.32. The van der Waals surface area contributed by atoms with Crippen LogP contribution in [0.2, 0.25) is 0 Å². The van der Waals surface area contributed by atoms with E-state index in [4.69, 9.17) is 9.47 Å². The van der Waals surface area contributed by atoms with Crippen LogP contribution in [0.25, 0.3) is 11.0 Å². The molecule has 1 aromatic heterocycles. The van der Waals surface area contributed by atoms with Gasteiger partial charge in [-0.25, -0.2) is 5.01 Å². The maximum Gasteiger partial charge on any atom is 0.242 e. The first-order valence-electron chi connectivity index (χ1n) is 9.47. The molecule has 1 atom stereocenters. The third kappa shape index (κ3) is 3.51. The average Bonchev–Trinajstić information content (AvgIpc) is 3.23. The third-order valence-corrected chi connectivity index (χ3v) is 5.06. The van der Waals surface area contributed by atoms with Crippen molar-refractivity contribution in [3.63, 3.8) is 0 Å². The standard InChI is InChI=1S/C22H22N4O3/c1-4-22(27)26-19(15-5-7-16-18(11-15)24-10-9-23-16)13-17(25-26)14-6-8-20(28-2)21(12-14)29-3/h5-12,19H,4,13H2,1-3H3/t19-/m0/s1. The Hall–Kier alpha value is -3.48. The summed E-state index contributed by atoms with van der Waals surface area (Å²) in [5.74, 6) is 1.26.